The van der Waals surface area contributed by atoms with Crippen molar-refractivity contribution in [3.8, 4) is 11.5 Å². The van der Waals surface area contributed by atoms with Crippen molar-refractivity contribution in [3.05, 3.63) is 68.7 Å². The van der Waals surface area contributed by atoms with E-state index >= 15 is 0 Å². The Morgan fingerprint density at radius 2 is 1.87 bits per heavy atom. The highest BCUT2D eigenvalue weighted by atomic mass is 32.1. The van der Waals surface area contributed by atoms with Crippen molar-refractivity contribution in [3.63, 3.8) is 0 Å². The van der Waals surface area contributed by atoms with Gasteiger partial charge in [-0.15, -0.1) is 11.3 Å². The maximum Gasteiger partial charge on any atom is 0.336 e. The SMILES string of the molecule is COC(=O)C1=C(C)NC2=C(C(=O)CC(c3ccc(OC)c(OC)c3)C2)C1c1cccs1. The average Bonchev–Trinajstić information content (AvgIpc) is 3.31. The molecule has 162 valence electrons. The number of carbonyl (C=O) groups excluding carboxylic acids is 2. The van der Waals surface area contributed by atoms with Crippen LogP contribution in [0.3, 0.4) is 0 Å². The van der Waals surface area contributed by atoms with Crippen molar-refractivity contribution in [2.45, 2.75) is 31.6 Å². The molecule has 7 heteroatoms. The van der Waals surface area contributed by atoms with E-state index in [9.17, 15) is 9.59 Å². The number of rotatable bonds is 5. The lowest BCUT2D eigenvalue weighted by Gasteiger charge is -2.36. The van der Waals surface area contributed by atoms with Gasteiger partial charge in [0.2, 0.25) is 0 Å². The fraction of sp³-hybridized carbons (Fsp3) is 0.333. The number of hydrogen-bond donors (Lipinski definition) is 1. The van der Waals surface area contributed by atoms with Crippen LogP contribution in [0.1, 0.15) is 42.0 Å². The van der Waals surface area contributed by atoms with Crippen molar-refractivity contribution in [2.75, 3.05) is 21.3 Å². The molecule has 6 nitrogen and oxygen atoms in total. The summed E-state index contributed by atoms with van der Waals surface area (Å²) in [6.45, 7) is 1.86. The number of nitrogens with one attached hydrogen (secondary N) is 1. The summed E-state index contributed by atoms with van der Waals surface area (Å²) < 4.78 is 15.8. The second-order valence-corrected chi connectivity index (χ2v) is 8.62. The van der Waals surface area contributed by atoms with Gasteiger partial charge in [0.05, 0.1) is 32.8 Å². The lowest BCUT2D eigenvalue weighted by molar-refractivity contribution is -0.136. The Morgan fingerprint density at radius 3 is 2.52 bits per heavy atom. The van der Waals surface area contributed by atoms with E-state index in [0.29, 0.717) is 35.5 Å². The van der Waals surface area contributed by atoms with Gasteiger partial charge < -0.3 is 19.5 Å². The summed E-state index contributed by atoms with van der Waals surface area (Å²) in [5.74, 6) is 0.538. The monoisotopic (exact) mass is 439 g/mol. The zero-order chi connectivity index (χ0) is 22.1. The molecule has 1 aliphatic heterocycles. The number of benzene rings is 1. The third kappa shape index (κ3) is 3.74. The first-order valence-electron chi connectivity index (χ1n) is 10.1. The fourth-order valence-electron chi connectivity index (χ4n) is 4.50. The quantitative estimate of drug-likeness (QED) is 0.701. The molecule has 2 heterocycles. The minimum atomic E-state index is -0.412. The highest BCUT2D eigenvalue weighted by Crippen LogP contribution is 2.47. The third-order valence-electron chi connectivity index (χ3n) is 5.94. The molecule has 2 atom stereocenters. The van der Waals surface area contributed by atoms with Gasteiger partial charge in [0.25, 0.3) is 0 Å². The van der Waals surface area contributed by atoms with Crippen LogP contribution >= 0.6 is 11.3 Å². The van der Waals surface area contributed by atoms with E-state index in [4.69, 9.17) is 14.2 Å². The lowest BCUT2D eigenvalue weighted by atomic mass is 9.73. The molecule has 2 unspecified atom stereocenters. The van der Waals surface area contributed by atoms with E-state index in [1.54, 1.807) is 25.6 Å². The van der Waals surface area contributed by atoms with Gasteiger partial charge in [0.15, 0.2) is 17.3 Å². The van der Waals surface area contributed by atoms with Crippen molar-refractivity contribution in [1.29, 1.82) is 0 Å². The second-order valence-electron chi connectivity index (χ2n) is 7.64. The van der Waals surface area contributed by atoms with E-state index in [0.717, 1.165) is 21.8 Å². The van der Waals surface area contributed by atoms with Gasteiger partial charge in [-0.3, -0.25) is 4.79 Å². The summed E-state index contributed by atoms with van der Waals surface area (Å²) >= 11 is 1.54. The largest absolute Gasteiger partial charge is 0.493 e. The van der Waals surface area contributed by atoms with Gasteiger partial charge in [0, 0.05) is 28.3 Å². The molecular weight excluding hydrogens is 414 g/mol. The molecular formula is C24H25NO5S. The van der Waals surface area contributed by atoms with Crippen LogP contribution in [-0.2, 0) is 14.3 Å². The van der Waals surface area contributed by atoms with Crippen molar-refractivity contribution < 1.29 is 23.8 Å². The Morgan fingerprint density at radius 1 is 1.10 bits per heavy atom. The molecule has 0 radical (unpaired) electrons. The predicted octanol–water partition coefficient (Wildman–Crippen LogP) is 4.30. The van der Waals surface area contributed by atoms with Crippen LogP contribution in [0.4, 0.5) is 0 Å². The maximum absolute atomic E-state index is 13.4. The molecule has 4 rings (SSSR count). The van der Waals surface area contributed by atoms with Crippen LogP contribution in [0.2, 0.25) is 0 Å². The molecule has 0 fully saturated rings. The number of ether oxygens (including phenoxy) is 3. The second kappa shape index (κ2) is 8.59. The number of methoxy groups -OCH3 is 3. The standard InChI is InChI=1S/C24H25NO5S/c1-13-21(24(27)30-4)23(20-6-5-9-31-20)22-16(25-13)10-15(11-17(22)26)14-7-8-18(28-2)19(12-14)29-3/h5-9,12,15,23,25H,10-11H2,1-4H3. The number of Topliss-reactive ketones (excluding diaryl/α,β-unsaturated/α-hetero) is 1. The van der Waals surface area contributed by atoms with Gasteiger partial charge in [-0.2, -0.15) is 0 Å². The first kappa shape index (κ1) is 21.2. The normalized spacial score (nSPS) is 20.8. The summed E-state index contributed by atoms with van der Waals surface area (Å²) in [6.07, 6.45) is 1.04. The van der Waals surface area contributed by atoms with Crippen LogP contribution in [0.15, 0.2) is 58.3 Å². The molecule has 0 saturated heterocycles. The van der Waals surface area contributed by atoms with Gasteiger partial charge in [-0.25, -0.2) is 4.79 Å². The van der Waals surface area contributed by atoms with E-state index in [-0.39, 0.29) is 11.7 Å². The van der Waals surface area contributed by atoms with Crippen molar-refractivity contribution in [1.82, 2.24) is 5.32 Å². The summed E-state index contributed by atoms with van der Waals surface area (Å²) in [5.41, 5.74) is 3.79. The van der Waals surface area contributed by atoms with Crippen LogP contribution in [-0.4, -0.2) is 33.1 Å². The Kier molecular flexibility index (Phi) is 5.87. The van der Waals surface area contributed by atoms with E-state index in [2.05, 4.69) is 5.32 Å². The zero-order valence-electron chi connectivity index (χ0n) is 18.0. The van der Waals surface area contributed by atoms with E-state index in [1.807, 2.05) is 42.6 Å². The van der Waals surface area contributed by atoms with Crippen LogP contribution in [0.25, 0.3) is 0 Å². The minimum Gasteiger partial charge on any atom is -0.493 e. The molecule has 0 bridgehead atoms. The number of hydrogen-bond acceptors (Lipinski definition) is 7. The number of ketones is 1. The van der Waals surface area contributed by atoms with Crippen LogP contribution in [0, 0.1) is 0 Å². The Hall–Kier alpha value is -3.06. The third-order valence-corrected chi connectivity index (χ3v) is 6.88. The number of dihydropyridines is 1. The van der Waals surface area contributed by atoms with Gasteiger partial charge in [0.1, 0.15) is 0 Å². The average molecular weight is 440 g/mol. The molecule has 2 aromatic rings. The smallest absolute Gasteiger partial charge is 0.336 e. The van der Waals surface area contributed by atoms with Gasteiger partial charge >= 0.3 is 5.97 Å². The highest BCUT2D eigenvalue weighted by Gasteiger charge is 2.41. The molecule has 1 aromatic carbocycles. The Labute approximate surface area is 185 Å². The van der Waals surface area contributed by atoms with E-state index < -0.39 is 11.9 Å². The van der Waals surface area contributed by atoms with Gasteiger partial charge in [-0.1, -0.05) is 12.1 Å². The maximum atomic E-state index is 13.4. The van der Waals surface area contributed by atoms with Gasteiger partial charge in [-0.05, 0) is 48.4 Å². The number of thiophene rings is 1. The van der Waals surface area contributed by atoms with Crippen LogP contribution < -0.4 is 14.8 Å². The summed E-state index contributed by atoms with van der Waals surface area (Å²) in [6, 6.07) is 9.69. The fourth-order valence-corrected chi connectivity index (χ4v) is 5.35. The highest BCUT2D eigenvalue weighted by molar-refractivity contribution is 7.10. The molecule has 31 heavy (non-hydrogen) atoms. The molecule has 0 saturated carbocycles. The van der Waals surface area contributed by atoms with Crippen LogP contribution in [0.5, 0.6) is 11.5 Å². The number of allylic oxidation sites excluding steroid dienone is 3. The molecule has 0 spiro atoms. The Bertz CT molecular complexity index is 1080. The number of esters is 1. The lowest BCUT2D eigenvalue weighted by Crippen LogP contribution is -2.35. The van der Waals surface area contributed by atoms with Crippen molar-refractivity contribution >= 4 is 23.1 Å². The molecule has 2 aliphatic rings. The summed E-state index contributed by atoms with van der Waals surface area (Å²) in [7, 11) is 4.57. The molecule has 1 N–H and O–H groups in total. The molecule has 1 aromatic heterocycles. The molecule has 1 aliphatic carbocycles. The van der Waals surface area contributed by atoms with E-state index in [1.165, 1.54) is 7.11 Å². The number of carbonyl (C=O) groups is 2. The molecule has 0 amide bonds. The Balaban J connectivity index is 1.75. The van der Waals surface area contributed by atoms with Crippen molar-refractivity contribution in [2.24, 2.45) is 0 Å². The zero-order valence-corrected chi connectivity index (χ0v) is 18.8. The topological polar surface area (TPSA) is 73.9 Å². The summed E-state index contributed by atoms with van der Waals surface area (Å²) in [5, 5.41) is 5.30. The first-order chi connectivity index (χ1) is 15.0. The summed E-state index contributed by atoms with van der Waals surface area (Å²) in [4.78, 5) is 27.0. The minimum absolute atomic E-state index is 0.00928. The predicted molar refractivity (Wildman–Crippen MR) is 118 cm³/mol. The first-order valence-corrected chi connectivity index (χ1v) is 10.9.